The Hall–Kier alpha value is -3.19. The van der Waals surface area contributed by atoms with Gasteiger partial charge in [0.15, 0.2) is 0 Å². The van der Waals surface area contributed by atoms with Gasteiger partial charge in [-0.3, -0.25) is 14.9 Å². The molecule has 0 radical (unpaired) electrons. The van der Waals surface area contributed by atoms with Crippen LogP contribution in [-0.2, 0) is 9.59 Å². The second-order valence-corrected chi connectivity index (χ2v) is 8.98. The predicted molar refractivity (Wildman–Crippen MR) is 118 cm³/mol. The van der Waals surface area contributed by atoms with E-state index in [1.54, 1.807) is 18.3 Å². The highest BCUT2D eigenvalue weighted by atomic mass is 32.1. The predicted octanol–water partition coefficient (Wildman–Crippen LogP) is 3.78. The van der Waals surface area contributed by atoms with Gasteiger partial charge in [0.2, 0.25) is 5.91 Å². The molecule has 4 amide bonds. The fraction of sp³-hybridized carbons (Fsp3) is 0.261. The van der Waals surface area contributed by atoms with Gasteiger partial charge in [-0.25, -0.2) is 4.79 Å². The number of imide groups is 1. The van der Waals surface area contributed by atoms with Crippen LogP contribution in [0.2, 0.25) is 0 Å². The summed E-state index contributed by atoms with van der Waals surface area (Å²) in [6.45, 7) is 4.04. The van der Waals surface area contributed by atoms with Crippen molar-refractivity contribution in [3.05, 3.63) is 60.2 Å². The van der Waals surface area contributed by atoms with E-state index in [4.69, 9.17) is 0 Å². The minimum Gasteiger partial charge on any atom is -0.355 e. The zero-order valence-corrected chi connectivity index (χ0v) is 17.6. The van der Waals surface area contributed by atoms with Crippen LogP contribution < -0.4 is 16.0 Å². The molecular formula is C23H23N3O3S. The van der Waals surface area contributed by atoms with Crippen LogP contribution in [0.3, 0.4) is 0 Å². The van der Waals surface area contributed by atoms with E-state index < -0.39 is 17.5 Å². The highest BCUT2D eigenvalue weighted by Crippen LogP contribution is 2.33. The highest BCUT2D eigenvalue weighted by Gasteiger charge is 2.43. The molecule has 2 atom stereocenters. The van der Waals surface area contributed by atoms with Crippen LogP contribution in [0, 0.1) is 0 Å². The number of carbonyl (C=O) groups is 3. The maximum absolute atomic E-state index is 12.3. The summed E-state index contributed by atoms with van der Waals surface area (Å²) in [5.74, 6) is -0.638. The van der Waals surface area contributed by atoms with Crippen LogP contribution in [0.1, 0.15) is 31.7 Å². The van der Waals surface area contributed by atoms with E-state index in [2.05, 4.69) is 64.5 Å². The number of hydrogen-bond donors (Lipinski definition) is 3. The maximum Gasteiger partial charge on any atom is 0.322 e. The molecule has 2 aromatic carbocycles. The Morgan fingerprint density at radius 2 is 1.87 bits per heavy atom. The van der Waals surface area contributed by atoms with Crippen LogP contribution in [0.4, 0.5) is 4.79 Å². The topological polar surface area (TPSA) is 87.3 Å². The molecule has 2 heterocycles. The van der Waals surface area contributed by atoms with Gasteiger partial charge in [-0.1, -0.05) is 49.4 Å². The molecule has 0 aliphatic carbocycles. The van der Waals surface area contributed by atoms with Crippen molar-refractivity contribution in [1.82, 2.24) is 16.0 Å². The first-order valence-corrected chi connectivity index (χ1v) is 10.6. The van der Waals surface area contributed by atoms with E-state index in [-0.39, 0.29) is 18.2 Å². The molecule has 1 saturated heterocycles. The van der Waals surface area contributed by atoms with Gasteiger partial charge in [0.05, 0.1) is 6.42 Å². The van der Waals surface area contributed by atoms with Crippen molar-refractivity contribution in [2.75, 3.05) is 6.54 Å². The molecule has 0 bridgehead atoms. The third-order valence-corrected chi connectivity index (χ3v) is 6.59. The minimum atomic E-state index is -1.20. The molecule has 0 saturated carbocycles. The summed E-state index contributed by atoms with van der Waals surface area (Å²) in [7, 11) is 0. The number of fused-ring (bicyclic) bond motifs is 1. The molecule has 4 rings (SSSR count). The van der Waals surface area contributed by atoms with Crippen molar-refractivity contribution < 1.29 is 14.4 Å². The van der Waals surface area contributed by atoms with Gasteiger partial charge in [0.25, 0.3) is 5.91 Å². The second-order valence-electron chi connectivity index (χ2n) is 7.89. The van der Waals surface area contributed by atoms with E-state index in [9.17, 15) is 14.4 Å². The lowest BCUT2D eigenvalue weighted by Gasteiger charge is -2.20. The summed E-state index contributed by atoms with van der Waals surface area (Å²) in [6.07, 6.45) is -0.0951. The summed E-state index contributed by atoms with van der Waals surface area (Å²) in [6, 6.07) is 18.4. The van der Waals surface area contributed by atoms with Gasteiger partial charge >= 0.3 is 6.03 Å². The largest absolute Gasteiger partial charge is 0.355 e. The monoisotopic (exact) mass is 421 g/mol. The van der Waals surface area contributed by atoms with Crippen molar-refractivity contribution in [2.24, 2.45) is 0 Å². The number of nitrogens with one attached hydrogen (secondary N) is 3. The van der Waals surface area contributed by atoms with Crippen molar-refractivity contribution in [1.29, 1.82) is 0 Å². The molecular weight excluding hydrogens is 398 g/mol. The number of carbonyl (C=O) groups excluding carboxylic acids is 3. The van der Waals surface area contributed by atoms with Crippen LogP contribution in [0.5, 0.6) is 0 Å². The number of rotatable bonds is 6. The molecule has 2 unspecified atom stereocenters. The summed E-state index contributed by atoms with van der Waals surface area (Å²) in [5.41, 5.74) is 1.10. The zero-order valence-electron chi connectivity index (χ0n) is 16.8. The quantitative estimate of drug-likeness (QED) is 0.530. The Morgan fingerprint density at radius 1 is 1.13 bits per heavy atom. The van der Waals surface area contributed by atoms with Crippen LogP contribution in [0.25, 0.3) is 20.5 Å². The summed E-state index contributed by atoms with van der Waals surface area (Å²) >= 11 is 1.77. The molecule has 1 aliphatic heterocycles. The van der Waals surface area contributed by atoms with Crippen LogP contribution >= 0.6 is 11.3 Å². The van der Waals surface area contributed by atoms with Crippen molar-refractivity contribution in [3.8, 4) is 10.4 Å². The number of urea groups is 1. The van der Waals surface area contributed by atoms with E-state index in [0.717, 1.165) is 5.56 Å². The lowest BCUT2D eigenvalue weighted by Crippen LogP contribution is -2.47. The van der Waals surface area contributed by atoms with Crippen molar-refractivity contribution >= 4 is 39.3 Å². The van der Waals surface area contributed by atoms with Crippen LogP contribution in [-0.4, -0.2) is 29.9 Å². The lowest BCUT2D eigenvalue weighted by molar-refractivity contribution is -0.129. The number of benzene rings is 2. The molecule has 30 heavy (non-hydrogen) atoms. The van der Waals surface area contributed by atoms with Gasteiger partial charge in [0.1, 0.15) is 5.54 Å². The first kappa shape index (κ1) is 20.1. The minimum absolute atomic E-state index is 0.0951. The third-order valence-electron chi connectivity index (χ3n) is 5.43. The van der Waals surface area contributed by atoms with E-state index >= 15 is 0 Å². The Labute approximate surface area is 178 Å². The Kier molecular flexibility index (Phi) is 5.30. The van der Waals surface area contributed by atoms with Gasteiger partial charge in [-0.15, -0.1) is 11.3 Å². The van der Waals surface area contributed by atoms with Crippen molar-refractivity contribution in [3.63, 3.8) is 0 Å². The van der Waals surface area contributed by atoms with Gasteiger partial charge < -0.3 is 10.6 Å². The molecule has 0 spiro atoms. The van der Waals surface area contributed by atoms with E-state index in [0.29, 0.717) is 6.54 Å². The lowest BCUT2D eigenvalue weighted by atomic mass is 9.97. The number of thiophene rings is 1. The Morgan fingerprint density at radius 3 is 2.53 bits per heavy atom. The fourth-order valence-corrected chi connectivity index (χ4v) is 4.64. The molecule has 1 fully saturated rings. The smallest absolute Gasteiger partial charge is 0.322 e. The second kappa shape index (κ2) is 7.91. The molecule has 3 aromatic rings. The number of hydrogen-bond acceptors (Lipinski definition) is 4. The molecule has 1 aromatic heterocycles. The highest BCUT2D eigenvalue weighted by molar-refractivity contribution is 7.22. The maximum atomic E-state index is 12.3. The Balaban J connectivity index is 1.35. The summed E-state index contributed by atoms with van der Waals surface area (Å²) in [4.78, 5) is 36.6. The van der Waals surface area contributed by atoms with Gasteiger partial charge in [-0.2, -0.15) is 0 Å². The summed E-state index contributed by atoms with van der Waals surface area (Å²) in [5, 5.41) is 8.78. The average molecular weight is 422 g/mol. The Bertz CT molecular complexity index is 1090. The van der Waals surface area contributed by atoms with Gasteiger partial charge in [-0.05, 0) is 41.5 Å². The SMILES string of the molecule is CC(CNC(=O)CC1(C)NC(=O)NC1=O)c1ccc(-c2cc3ccccc3s2)cc1. The summed E-state index contributed by atoms with van der Waals surface area (Å²) < 4.78 is 1.27. The molecule has 1 aliphatic rings. The molecule has 6 nitrogen and oxygen atoms in total. The molecule has 3 N–H and O–H groups in total. The normalized spacial score (nSPS) is 19.4. The standard InChI is InChI=1S/C23H23N3O3S/c1-14(13-24-20(27)12-23(2)21(28)25-22(29)26-23)15-7-9-16(10-8-15)19-11-17-5-3-4-6-18(17)30-19/h3-11,14H,12-13H2,1-2H3,(H,24,27)(H2,25,26,28,29). The first-order chi connectivity index (χ1) is 14.3. The fourth-order valence-electron chi connectivity index (χ4n) is 3.57. The zero-order chi connectivity index (χ0) is 21.3. The van der Waals surface area contributed by atoms with Gasteiger partial charge in [0, 0.05) is 16.1 Å². The first-order valence-electron chi connectivity index (χ1n) is 9.83. The third kappa shape index (κ3) is 4.07. The van der Waals surface area contributed by atoms with E-state index in [1.165, 1.54) is 20.5 Å². The van der Waals surface area contributed by atoms with E-state index in [1.807, 2.05) is 13.0 Å². The average Bonchev–Trinajstić information content (AvgIpc) is 3.26. The van der Waals surface area contributed by atoms with Crippen molar-refractivity contribution in [2.45, 2.75) is 31.7 Å². The molecule has 154 valence electrons. The van der Waals surface area contributed by atoms with Crippen LogP contribution in [0.15, 0.2) is 54.6 Å². The number of amides is 4. The molecule has 7 heteroatoms.